The van der Waals surface area contributed by atoms with Crippen LogP contribution in [0.2, 0.25) is 0 Å². The molecule has 1 aliphatic heterocycles. The van der Waals surface area contributed by atoms with Gasteiger partial charge >= 0.3 is 0 Å². The molecule has 2 unspecified atom stereocenters. The Bertz CT molecular complexity index is 741. The molecule has 1 aliphatic rings. The number of nitrogens with zero attached hydrogens (tertiary/aromatic N) is 1. The Morgan fingerprint density at radius 2 is 2.04 bits per heavy atom. The molecular formula is C20H24N2O2S. The van der Waals surface area contributed by atoms with Crippen LogP contribution in [0.25, 0.3) is 0 Å². The summed E-state index contributed by atoms with van der Waals surface area (Å²) in [7, 11) is 0. The molecule has 2 atom stereocenters. The van der Waals surface area contributed by atoms with Gasteiger partial charge in [0.25, 0.3) is 0 Å². The number of thiophene rings is 1. The van der Waals surface area contributed by atoms with Crippen molar-refractivity contribution in [1.82, 2.24) is 10.2 Å². The zero-order valence-corrected chi connectivity index (χ0v) is 15.5. The van der Waals surface area contributed by atoms with E-state index in [2.05, 4.69) is 23.7 Å². The standard InChI is InChI=1S/C20H24N2O2S/c1-3-18-16-10-12-25-19(16)9-11-22(18)20(24)13-17(21-14(2)23)15-7-5-4-6-8-15/h4-8,10,12,17-18H,3,9,11,13H2,1-2H3,(H,21,23). The number of amides is 2. The van der Waals surface area contributed by atoms with Gasteiger partial charge in [-0.25, -0.2) is 0 Å². The fraction of sp³-hybridized carbons (Fsp3) is 0.400. The highest BCUT2D eigenvalue weighted by atomic mass is 32.1. The number of rotatable bonds is 5. The third kappa shape index (κ3) is 3.93. The molecule has 0 spiro atoms. The fourth-order valence-corrected chi connectivity index (χ4v) is 4.54. The predicted octanol–water partition coefficient (Wildman–Crippen LogP) is 3.85. The zero-order chi connectivity index (χ0) is 17.8. The summed E-state index contributed by atoms with van der Waals surface area (Å²) in [5, 5.41) is 5.05. The number of hydrogen-bond acceptors (Lipinski definition) is 3. The van der Waals surface area contributed by atoms with Crippen LogP contribution in [0.3, 0.4) is 0 Å². The molecule has 0 saturated carbocycles. The molecule has 0 radical (unpaired) electrons. The lowest BCUT2D eigenvalue weighted by Gasteiger charge is -2.36. The first-order valence-electron chi connectivity index (χ1n) is 8.78. The highest BCUT2D eigenvalue weighted by molar-refractivity contribution is 7.10. The van der Waals surface area contributed by atoms with Gasteiger partial charge < -0.3 is 10.2 Å². The lowest BCUT2D eigenvalue weighted by atomic mass is 9.96. The van der Waals surface area contributed by atoms with E-state index < -0.39 is 0 Å². The third-order valence-corrected chi connectivity index (χ3v) is 5.76. The molecule has 3 rings (SSSR count). The smallest absolute Gasteiger partial charge is 0.225 e. The average Bonchev–Trinajstić information content (AvgIpc) is 3.09. The summed E-state index contributed by atoms with van der Waals surface area (Å²) in [6, 6.07) is 11.7. The second-order valence-corrected chi connectivity index (χ2v) is 7.43. The van der Waals surface area contributed by atoms with Crippen molar-refractivity contribution in [3.8, 4) is 0 Å². The molecule has 0 saturated heterocycles. The van der Waals surface area contributed by atoms with Crippen LogP contribution in [0, 0.1) is 0 Å². The summed E-state index contributed by atoms with van der Waals surface area (Å²) >= 11 is 1.78. The van der Waals surface area contributed by atoms with Crippen molar-refractivity contribution in [2.24, 2.45) is 0 Å². The van der Waals surface area contributed by atoms with E-state index in [0.29, 0.717) is 6.42 Å². The fourth-order valence-electron chi connectivity index (χ4n) is 3.61. The van der Waals surface area contributed by atoms with Gasteiger partial charge in [-0.05, 0) is 35.4 Å². The predicted molar refractivity (Wildman–Crippen MR) is 100 cm³/mol. The number of benzene rings is 1. The number of carbonyl (C=O) groups is 2. The topological polar surface area (TPSA) is 49.4 Å². The van der Waals surface area contributed by atoms with Gasteiger partial charge in [0.2, 0.25) is 11.8 Å². The van der Waals surface area contributed by atoms with Gasteiger partial charge in [-0.2, -0.15) is 0 Å². The summed E-state index contributed by atoms with van der Waals surface area (Å²) in [4.78, 5) is 28.0. The first kappa shape index (κ1) is 17.7. The Kier molecular flexibility index (Phi) is 5.53. The maximum atomic E-state index is 13.0. The molecule has 1 aromatic carbocycles. The van der Waals surface area contributed by atoms with Crippen molar-refractivity contribution in [3.05, 3.63) is 57.8 Å². The molecule has 0 aliphatic carbocycles. The van der Waals surface area contributed by atoms with Gasteiger partial charge in [0, 0.05) is 18.3 Å². The highest BCUT2D eigenvalue weighted by Gasteiger charge is 2.31. The first-order valence-corrected chi connectivity index (χ1v) is 9.66. The minimum atomic E-state index is -0.285. The Morgan fingerprint density at radius 1 is 1.28 bits per heavy atom. The van der Waals surface area contributed by atoms with E-state index in [1.807, 2.05) is 35.2 Å². The lowest BCUT2D eigenvalue weighted by molar-refractivity contribution is -0.135. The summed E-state index contributed by atoms with van der Waals surface area (Å²) in [6.07, 6.45) is 2.12. The number of nitrogens with one attached hydrogen (secondary N) is 1. The maximum Gasteiger partial charge on any atom is 0.225 e. The van der Waals surface area contributed by atoms with Gasteiger partial charge in [0.15, 0.2) is 0 Å². The summed E-state index contributed by atoms with van der Waals surface area (Å²) < 4.78 is 0. The molecular weight excluding hydrogens is 332 g/mol. The van der Waals surface area contributed by atoms with Crippen LogP contribution in [0.5, 0.6) is 0 Å². The Hall–Kier alpha value is -2.14. The Balaban J connectivity index is 1.78. The van der Waals surface area contributed by atoms with Crippen LogP contribution >= 0.6 is 11.3 Å². The minimum absolute atomic E-state index is 0.103. The van der Waals surface area contributed by atoms with E-state index in [4.69, 9.17) is 0 Å². The molecule has 2 aromatic rings. The van der Waals surface area contributed by atoms with E-state index in [1.54, 1.807) is 11.3 Å². The van der Waals surface area contributed by atoms with Gasteiger partial charge in [-0.15, -0.1) is 11.3 Å². The molecule has 1 aromatic heterocycles. The maximum absolute atomic E-state index is 13.0. The quantitative estimate of drug-likeness (QED) is 0.884. The van der Waals surface area contributed by atoms with E-state index in [-0.39, 0.29) is 23.9 Å². The molecule has 2 amide bonds. The summed E-state index contributed by atoms with van der Waals surface area (Å²) in [6.45, 7) is 4.38. The van der Waals surface area contributed by atoms with Crippen molar-refractivity contribution in [2.75, 3.05) is 6.54 Å². The number of fused-ring (bicyclic) bond motifs is 1. The third-order valence-electron chi connectivity index (χ3n) is 4.76. The first-order chi connectivity index (χ1) is 12.1. The Labute approximate surface area is 152 Å². The molecule has 25 heavy (non-hydrogen) atoms. The molecule has 4 nitrogen and oxygen atoms in total. The largest absolute Gasteiger partial charge is 0.349 e. The van der Waals surface area contributed by atoms with Crippen LogP contribution in [-0.4, -0.2) is 23.3 Å². The van der Waals surface area contributed by atoms with E-state index in [9.17, 15) is 9.59 Å². The average molecular weight is 356 g/mol. The van der Waals surface area contributed by atoms with Crippen molar-refractivity contribution in [1.29, 1.82) is 0 Å². The summed E-state index contributed by atoms with van der Waals surface area (Å²) in [5.41, 5.74) is 2.26. The van der Waals surface area contributed by atoms with E-state index in [1.165, 1.54) is 17.4 Å². The lowest BCUT2D eigenvalue weighted by Crippen LogP contribution is -2.41. The second kappa shape index (κ2) is 7.83. The van der Waals surface area contributed by atoms with Crippen LogP contribution < -0.4 is 5.32 Å². The van der Waals surface area contributed by atoms with Crippen LogP contribution in [-0.2, 0) is 16.0 Å². The highest BCUT2D eigenvalue weighted by Crippen LogP contribution is 2.36. The van der Waals surface area contributed by atoms with Crippen LogP contribution in [0.15, 0.2) is 41.8 Å². The van der Waals surface area contributed by atoms with E-state index in [0.717, 1.165) is 24.9 Å². The SMILES string of the molecule is CCC1c2ccsc2CCN1C(=O)CC(NC(C)=O)c1ccccc1. The molecule has 0 bridgehead atoms. The van der Waals surface area contributed by atoms with Crippen molar-refractivity contribution >= 4 is 23.2 Å². The van der Waals surface area contributed by atoms with Crippen molar-refractivity contribution in [3.63, 3.8) is 0 Å². The van der Waals surface area contributed by atoms with Gasteiger partial charge in [-0.3, -0.25) is 9.59 Å². The Morgan fingerprint density at radius 3 is 2.72 bits per heavy atom. The van der Waals surface area contributed by atoms with E-state index >= 15 is 0 Å². The number of carbonyl (C=O) groups excluding carboxylic acids is 2. The molecule has 1 N–H and O–H groups in total. The normalized spacial score (nSPS) is 17.7. The minimum Gasteiger partial charge on any atom is -0.349 e. The number of hydrogen-bond donors (Lipinski definition) is 1. The molecule has 132 valence electrons. The van der Waals surface area contributed by atoms with Crippen molar-refractivity contribution < 1.29 is 9.59 Å². The van der Waals surface area contributed by atoms with Crippen molar-refractivity contribution in [2.45, 2.75) is 45.2 Å². The molecule has 0 fully saturated rings. The monoisotopic (exact) mass is 356 g/mol. The van der Waals surface area contributed by atoms with Gasteiger partial charge in [-0.1, -0.05) is 37.3 Å². The van der Waals surface area contributed by atoms with Gasteiger partial charge in [0.1, 0.15) is 0 Å². The van der Waals surface area contributed by atoms with Crippen LogP contribution in [0.4, 0.5) is 0 Å². The zero-order valence-electron chi connectivity index (χ0n) is 14.7. The molecule has 5 heteroatoms. The second-order valence-electron chi connectivity index (χ2n) is 6.43. The summed E-state index contributed by atoms with van der Waals surface area (Å²) in [5.74, 6) is -0.0150. The van der Waals surface area contributed by atoms with Gasteiger partial charge in [0.05, 0.1) is 18.5 Å². The van der Waals surface area contributed by atoms with Crippen LogP contribution in [0.1, 0.15) is 54.8 Å². The molecule has 2 heterocycles.